The molecule has 0 spiro atoms. The van der Waals surface area contributed by atoms with Gasteiger partial charge in [0.25, 0.3) is 0 Å². The maximum absolute atomic E-state index is 11.3. The van der Waals surface area contributed by atoms with E-state index in [1.54, 1.807) is 16.8 Å². The third-order valence-electron chi connectivity index (χ3n) is 2.05. The third-order valence-corrected chi connectivity index (χ3v) is 2.25. The number of hydrogen-bond donors (Lipinski definition) is 0. The maximum Gasteiger partial charge on any atom is 0.307 e. The number of imidazole rings is 1. The molecule has 0 saturated heterocycles. The highest BCUT2D eigenvalue weighted by atomic mass is 35.5. The fourth-order valence-corrected chi connectivity index (χ4v) is 1.52. The first kappa shape index (κ1) is 9.15. The Labute approximate surface area is 85.7 Å². The zero-order chi connectivity index (χ0) is 10.3. The largest absolute Gasteiger partial charge is 0.307 e. The molecule has 0 atom stereocenters. The molecule has 0 saturated carbocycles. The summed E-state index contributed by atoms with van der Waals surface area (Å²) < 4.78 is 3.38. The van der Waals surface area contributed by atoms with Gasteiger partial charge in [0, 0.05) is 13.0 Å². The smallest absolute Gasteiger partial charge is 0.290 e. The second kappa shape index (κ2) is 3.06. The predicted molar refractivity (Wildman–Crippen MR) is 51.4 cm³/mol. The topological polar surface area (TPSA) is 38.2 Å². The molecule has 14 heavy (non-hydrogen) atoms. The van der Waals surface area contributed by atoms with Crippen molar-refractivity contribution in [2.45, 2.75) is 6.92 Å². The van der Waals surface area contributed by atoms with Gasteiger partial charge in [0.15, 0.2) is 5.15 Å². The normalized spacial score (nSPS) is 10.8. The molecule has 0 fully saturated rings. The predicted octanol–water partition coefficient (Wildman–Crippen LogP) is 1.01. The fourth-order valence-electron chi connectivity index (χ4n) is 1.38. The van der Waals surface area contributed by atoms with Crippen molar-refractivity contribution in [2.24, 2.45) is 7.05 Å². The van der Waals surface area contributed by atoms with Crippen molar-refractivity contribution in [3.63, 3.8) is 0 Å². The van der Waals surface area contributed by atoms with E-state index in [1.807, 2.05) is 17.7 Å². The zero-order valence-corrected chi connectivity index (χ0v) is 8.62. The van der Waals surface area contributed by atoms with Crippen LogP contribution in [0.3, 0.4) is 0 Å². The SMILES string of the molecule is CC(=O)c1c[n+](C)c2ccc(Cl)nn12. The van der Waals surface area contributed by atoms with Gasteiger partial charge in [-0.1, -0.05) is 21.2 Å². The van der Waals surface area contributed by atoms with E-state index in [2.05, 4.69) is 5.10 Å². The number of Topliss-reactive ketones (excluding diaryl/α,β-unsaturated/α-hetero) is 1. The lowest BCUT2D eigenvalue weighted by Crippen LogP contribution is -2.25. The summed E-state index contributed by atoms with van der Waals surface area (Å²) in [5.41, 5.74) is 1.37. The highest BCUT2D eigenvalue weighted by Gasteiger charge is 2.19. The Kier molecular flexibility index (Phi) is 2.00. The minimum Gasteiger partial charge on any atom is -0.290 e. The molecule has 2 aromatic heterocycles. The van der Waals surface area contributed by atoms with Crippen LogP contribution in [0, 0.1) is 0 Å². The number of carbonyl (C=O) groups excluding carboxylic acids is 1. The first-order valence-electron chi connectivity index (χ1n) is 4.14. The van der Waals surface area contributed by atoms with E-state index in [0.29, 0.717) is 10.8 Å². The first-order chi connectivity index (χ1) is 6.59. The highest BCUT2D eigenvalue weighted by molar-refractivity contribution is 6.29. The highest BCUT2D eigenvalue weighted by Crippen LogP contribution is 2.07. The molecule has 2 rings (SSSR count). The van der Waals surface area contributed by atoms with Gasteiger partial charge in [-0.2, -0.15) is 0 Å². The van der Waals surface area contributed by atoms with Gasteiger partial charge in [-0.25, -0.2) is 4.57 Å². The van der Waals surface area contributed by atoms with Crippen LogP contribution in [0.15, 0.2) is 18.3 Å². The summed E-state index contributed by atoms with van der Waals surface area (Å²) in [5.74, 6) is -0.0321. The summed E-state index contributed by atoms with van der Waals surface area (Å²) in [6, 6.07) is 3.52. The van der Waals surface area contributed by atoms with Crippen LogP contribution < -0.4 is 4.57 Å². The van der Waals surface area contributed by atoms with Gasteiger partial charge in [0.1, 0.15) is 6.20 Å². The van der Waals surface area contributed by atoms with Crippen LogP contribution in [0.25, 0.3) is 5.65 Å². The van der Waals surface area contributed by atoms with Crippen molar-refractivity contribution in [1.82, 2.24) is 9.61 Å². The molecular weight excluding hydrogens is 202 g/mol. The van der Waals surface area contributed by atoms with Gasteiger partial charge in [0.05, 0.1) is 7.05 Å². The number of rotatable bonds is 1. The van der Waals surface area contributed by atoms with Gasteiger partial charge < -0.3 is 0 Å². The van der Waals surface area contributed by atoms with Gasteiger partial charge in [-0.15, -0.1) is 0 Å². The van der Waals surface area contributed by atoms with E-state index in [0.717, 1.165) is 5.65 Å². The number of ketones is 1. The molecule has 4 nitrogen and oxygen atoms in total. The minimum absolute atomic E-state index is 0.0321. The Bertz CT molecular complexity index is 518. The molecule has 0 aliphatic carbocycles. The van der Waals surface area contributed by atoms with Crippen molar-refractivity contribution in [1.29, 1.82) is 0 Å². The Morgan fingerprint density at radius 3 is 2.93 bits per heavy atom. The monoisotopic (exact) mass is 210 g/mol. The molecule has 5 heteroatoms. The van der Waals surface area contributed by atoms with Crippen LogP contribution >= 0.6 is 11.6 Å². The van der Waals surface area contributed by atoms with Gasteiger partial charge in [-0.05, 0) is 6.07 Å². The van der Waals surface area contributed by atoms with E-state index >= 15 is 0 Å². The lowest BCUT2D eigenvalue weighted by atomic mass is 10.3. The molecule has 0 aliphatic rings. The first-order valence-corrected chi connectivity index (χ1v) is 4.52. The molecule has 0 radical (unpaired) electrons. The van der Waals surface area contributed by atoms with Crippen LogP contribution in [0.5, 0.6) is 0 Å². The molecule has 0 N–H and O–H groups in total. The zero-order valence-electron chi connectivity index (χ0n) is 7.86. The maximum atomic E-state index is 11.3. The van der Waals surface area contributed by atoms with Crippen LogP contribution in [-0.2, 0) is 7.05 Å². The van der Waals surface area contributed by atoms with Gasteiger partial charge in [-0.3, -0.25) is 4.79 Å². The van der Waals surface area contributed by atoms with Crippen LogP contribution in [0.2, 0.25) is 5.15 Å². The summed E-state index contributed by atoms with van der Waals surface area (Å²) in [6.07, 6.45) is 1.74. The van der Waals surface area contributed by atoms with Crippen molar-refractivity contribution in [3.8, 4) is 0 Å². The summed E-state index contributed by atoms with van der Waals surface area (Å²) >= 11 is 5.75. The molecule has 72 valence electrons. The summed E-state index contributed by atoms with van der Waals surface area (Å²) in [6.45, 7) is 1.50. The average molecular weight is 211 g/mol. The Hall–Kier alpha value is -1.42. The van der Waals surface area contributed by atoms with Crippen molar-refractivity contribution < 1.29 is 9.36 Å². The van der Waals surface area contributed by atoms with E-state index < -0.39 is 0 Å². The van der Waals surface area contributed by atoms with Crippen LogP contribution in [0.4, 0.5) is 0 Å². The Balaban J connectivity index is 2.85. The molecular formula is C9H9ClN3O+. The number of hydrogen-bond acceptors (Lipinski definition) is 2. The summed E-state index contributed by atoms with van der Waals surface area (Å²) in [4.78, 5) is 11.3. The number of halogens is 1. The average Bonchev–Trinajstić information content (AvgIpc) is 2.43. The second-order valence-electron chi connectivity index (χ2n) is 3.11. The van der Waals surface area contributed by atoms with E-state index in [-0.39, 0.29) is 5.78 Å². The van der Waals surface area contributed by atoms with Gasteiger partial charge in [0.2, 0.25) is 11.5 Å². The van der Waals surface area contributed by atoms with Gasteiger partial charge >= 0.3 is 5.65 Å². The number of nitrogens with zero attached hydrogens (tertiary/aromatic N) is 3. The number of aromatic nitrogens is 3. The molecule has 2 heterocycles. The molecule has 0 aromatic carbocycles. The lowest BCUT2D eigenvalue weighted by molar-refractivity contribution is -0.644. The minimum atomic E-state index is -0.0321. The molecule has 0 unspecified atom stereocenters. The van der Waals surface area contributed by atoms with Crippen molar-refractivity contribution in [3.05, 3.63) is 29.2 Å². The number of aryl methyl sites for hydroxylation is 1. The van der Waals surface area contributed by atoms with E-state index in [4.69, 9.17) is 11.6 Å². The fraction of sp³-hybridized carbons (Fsp3) is 0.222. The second-order valence-corrected chi connectivity index (χ2v) is 3.49. The molecule has 0 bridgehead atoms. The molecule has 2 aromatic rings. The Morgan fingerprint density at radius 2 is 2.29 bits per heavy atom. The van der Waals surface area contributed by atoms with E-state index in [9.17, 15) is 4.79 Å². The lowest BCUT2D eigenvalue weighted by Gasteiger charge is -1.88. The standard InChI is InChI=1S/C9H9ClN3O/c1-6(14)7-5-12(2)9-4-3-8(10)11-13(7)9/h3-5H,1-2H3/q+1. The van der Waals surface area contributed by atoms with Crippen molar-refractivity contribution >= 4 is 23.0 Å². The molecule has 0 aliphatic heterocycles. The number of carbonyl (C=O) groups is 1. The van der Waals surface area contributed by atoms with Crippen molar-refractivity contribution in [2.75, 3.05) is 0 Å². The van der Waals surface area contributed by atoms with E-state index in [1.165, 1.54) is 6.92 Å². The quantitative estimate of drug-likeness (QED) is 0.521. The van der Waals surface area contributed by atoms with Crippen LogP contribution in [-0.4, -0.2) is 15.4 Å². The Morgan fingerprint density at radius 1 is 1.57 bits per heavy atom. The molecule has 0 amide bonds. The summed E-state index contributed by atoms with van der Waals surface area (Å²) in [5, 5.41) is 4.43. The van der Waals surface area contributed by atoms with Crippen LogP contribution in [0.1, 0.15) is 17.4 Å². The third kappa shape index (κ3) is 1.28. The summed E-state index contributed by atoms with van der Waals surface area (Å²) in [7, 11) is 1.86. The number of fused-ring (bicyclic) bond motifs is 1.